The molecule has 0 saturated carbocycles. The van der Waals surface area contributed by atoms with Crippen LogP contribution in [0.5, 0.6) is 0 Å². The van der Waals surface area contributed by atoms with Crippen molar-refractivity contribution in [1.29, 1.82) is 0 Å². The van der Waals surface area contributed by atoms with Gasteiger partial charge in [-0.15, -0.1) is 0 Å². The van der Waals surface area contributed by atoms with Gasteiger partial charge in [-0.05, 0) is 30.5 Å². The number of H-pyrrole nitrogens is 1. The molecule has 0 aliphatic heterocycles. The molecule has 1 N–H and O–H groups in total. The van der Waals surface area contributed by atoms with Crippen LogP contribution in [0.2, 0.25) is 0 Å². The second-order valence-electron chi connectivity index (χ2n) is 3.75. The number of fused-ring (bicyclic) bond motifs is 1. The summed E-state index contributed by atoms with van der Waals surface area (Å²) >= 11 is 0. The van der Waals surface area contributed by atoms with Crippen molar-refractivity contribution in [3.05, 3.63) is 42.2 Å². The monoisotopic (exact) mass is 184 g/mol. The van der Waals surface area contributed by atoms with Gasteiger partial charge < -0.3 is 4.98 Å². The maximum atomic E-state index is 4.29. The minimum atomic E-state index is 0.594. The first-order valence-corrected chi connectivity index (χ1v) is 5.04. The third kappa shape index (κ3) is 1.07. The highest BCUT2D eigenvalue weighted by Gasteiger charge is 2.14. The molecule has 0 bridgehead atoms. The number of nitrogens with one attached hydrogen (secondary N) is 1. The zero-order valence-electron chi connectivity index (χ0n) is 7.90. The quantitative estimate of drug-likeness (QED) is 0.678. The largest absolute Gasteiger partial charge is 0.346 e. The highest BCUT2D eigenvalue weighted by atomic mass is 14.8. The SMILES string of the molecule is C1=CC(c2ccnc3[nH]ccc23)CC1. The summed E-state index contributed by atoms with van der Waals surface area (Å²) in [5.74, 6) is 0.594. The Bertz CT molecular complexity index is 482. The average molecular weight is 184 g/mol. The van der Waals surface area contributed by atoms with Crippen LogP contribution in [-0.4, -0.2) is 9.97 Å². The van der Waals surface area contributed by atoms with Crippen LogP contribution < -0.4 is 0 Å². The van der Waals surface area contributed by atoms with Crippen molar-refractivity contribution in [2.45, 2.75) is 18.8 Å². The van der Waals surface area contributed by atoms with Gasteiger partial charge in [0.1, 0.15) is 5.65 Å². The topological polar surface area (TPSA) is 28.7 Å². The number of aromatic amines is 1. The molecule has 2 heterocycles. The van der Waals surface area contributed by atoms with Crippen LogP contribution >= 0.6 is 0 Å². The molecule has 0 radical (unpaired) electrons. The van der Waals surface area contributed by atoms with E-state index >= 15 is 0 Å². The van der Waals surface area contributed by atoms with Gasteiger partial charge in [-0.2, -0.15) is 0 Å². The molecule has 0 spiro atoms. The third-order valence-corrected chi connectivity index (χ3v) is 2.91. The number of hydrogen-bond acceptors (Lipinski definition) is 1. The summed E-state index contributed by atoms with van der Waals surface area (Å²) in [6, 6.07) is 4.25. The molecule has 70 valence electrons. The van der Waals surface area contributed by atoms with Gasteiger partial charge in [0.05, 0.1) is 0 Å². The molecule has 1 aliphatic carbocycles. The lowest BCUT2D eigenvalue weighted by molar-refractivity contribution is 0.806. The number of nitrogens with zero attached hydrogens (tertiary/aromatic N) is 1. The Hall–Kier alpha value is -1.57. The first kappa shape index (κ1) is 7.80. The lowest BCUT2D eigenvalue weighted by Gasteiger charge is -2.08. The highest BCUT2D eigenvalue weighted by Crippen LogP contribution is 2.32. The molecule has 2 aromatic rings. The second-order valence-corrected chi connectivity index (χ2v) is 3.75. The lowest BCUT2D eigenvalue weighted by Crippen LogP contribution is -1.92. The Kier molecular flexibility index (Phi) is 1.66. The summed E-state index contributed by atoms with van der Waals surface area (Å²) in [7, 11) is 0. The van der Waals surface area contributed by atoms with Crippen LogP contribution in [0.4, 0.5) is 0 Å². The Morgan fingerprint density at radius 1 is 1.36 bits per heavy atom. The fourth-order valence-electron chi connectivity index (χ4n) is 2.20. The van der Waals surface area contributed by atoms with Gasteiger partial charge in [0.2, 0.25) is 0 Å². The molecule has 2 heteroatoms. The zero-order valence-corrected chi connectivity index (χ0v) is 7.90. The molecule has 0 aromatic carbocycles. The fourth-order valence-corrected chi connectivity index (χ4v) is 2.20. The molecule has 0 amide bonds. The number of rotatable bonds is 1. The molecule has 0 saturated heterocycles. The number of hydrogen-bond donors (Lipinski definition) is 1. The van der Waals surface area contributed by atoms with E-state index in [1.807, 2.05) is 12.4 Å². The Labute approximate surface area is 82.7 Å². The van der Waals surface area contributed by atoms with E-state index in [1.54, 1.807) is 0 Å². The van der Waals surface area contributed by atoms with E-state index in [2.05, 4.69) is 34.3 Å². The van der Waals surface area contributed by atoms with E-state index in [1.165, 1.54) is 23.8 Å². The zero-order chi connectivity index (χ0) is 9.38. The van der Waals surface area contributed by atoms with Crippen molar-refractivity contribution in [1.82, 2.24) is 9.97 Å². The van der Waals surface area contributed by atoms with Crippen molar-refractivity contribution in [3.8, 4) is 0 Å². The van der Waals surface area contributed by atoms with Gasteiger partial charge in [-0.1, -0.05) is 12.2 Å². The summed E-state index contributed by atoms with van der Waals surface area (Å²) < 4.78 is 0. The van der Waals surface area contributed by atoms with Crippen LogP contribution in [0, 0.1) is 0 Å². The summed E-state index contributed by atoms with van der Waals surface area (Å²) in [5.41, 5.74) is 2.41. The molecule has 1 atom stereocenters. The maximum absolute atomic E-state index is 4.29. The number of pyridine rings is 1. The Balaban J connectivity index is 2.19. The van der Waals surface area contributed by atoms with E-state index in [0.29, 0.717) is 5.92 Å². The van der Waals surface area contributed by atoms with Gasteiger partial charge in [0, 0.05) is 23.7 Å². The van der Waals surface area contributed by atoms with Gasteiger partial charge in [0.15, 0.2) is 0 Å². The predicted molar refractivity (Wildman–Crippen MR) is 57.2 cm³/mol. The van der Waals surface area contributed by atoms with Crippen LogP contribution in [0.25, 0.3) is 11.0 Å². The second kappa shape index (κ2) is 2.98. The first-order chi connectivity index (χ1) is 6.95. The summed E-state index contributed by atoms with van der Waals surface area (Å²) in [4.78, 5) is 7.44. The van der Waals surface area contributed by atoms with Crippen molar-refractivity contribution < 1.29 is 0 Å². The number of aromatic nitrogens is 2. The van der Waals surface area contributed by atoms with E-state index in [4.69, 9.17) is 0 Å². The van der Waals surface area contributed by atoms with Crippen LogP contribution in [0.15, 0.2) is 36.7 Å². The van der Waals surface area contributed by atoms with Crippen LogP contribution in [0.3, 0.4) is 0 Å². The average Bonchev–Trinajstić information content (AvgIpc) is 2.88. The van der Waals surface area contributed by atoms with Crippen LogP contribution in [0.1, 0.15) is 24.3 Å². The van der Waals surface area contributed by atoms with E-state index < -0.39 is 0 Å². The van der Waals surface area contributed by atoms with Gasteiger partial charge >= 0.3 is 0 Å². The smallest absolute Gasteiger partial charge is 0.137 e. The maximum Gasteiger partial charge on any atom is 0.137 e. The normalized spacial score (nSPS) is 20.7. The van der Waals surface area contributed by atoms with Crippen molar-refractivity contribution in [2.75, 3.05) is 0 Å². The summed E-state index contributed by atoms with van der Waals surface area (Å²) in [6.07, 6.45) is 10.9. The minimum Gasteiger partial charge on any atom is -0.346 e. The fraction of sp³-hybridized carbons (Fsp3) is 0.250. The number of allylic oxidation sites excluding steroid dienone is 2. The van der Waals surface area contributed by atoms with Gasteiger partial charge in [-0.25, -0.2) is 4.98 Å². The Morgan fingerprint density at radius 3 is 3.21 bits per heavy atom. The third-order valence-electron chi connectivity index (χ3n) is 2.91. The van der Waals surface area contributed by atoms with E-state index in [-0.39, 0.29) is 0 Å². The van der Waals surface area contributed by atoms with Crippen LogP contribution in [-0.2, 0) is 0 Å². The molecule has 0 fully saturated rings. The molecule has 1 unspecified atom stereocenters. The Morgan fingerprint density at radius 2 is 2.36 bits per heavy atom. The van der Waals surface area contributed by atoms with Gasteiger partial charge in [-0.3, -0.25) is 0 Å². The van der Waals surface area contributed by atoms with Crippen molar-refractivity contribution in [2.24, 2.45) is 0 Å². The predicted octanol–water partition coefficient (Wildman–Crippen LogP) is 3.00. The van der Waals surface area contributed by atoms with Crippen molar-refractivity contribution in [3.63, 3.8) is 0 Å². The van der Waals surface area contributed by atoms with Gasteiger partial charge in [0.25, 0.3) is 0 Å². The molecule has 3 rings (SSSR count). The lowest BCUT2D eigenvalue weighted by atomic mass is 9.97. The molecular weight excluding hydrogens is 172 g/mol. The molecular formula is C12H12N2. The molecule has 2 nitrogen and oxygen atoms in total. The first-order valence-electron chi connectivity index (χ1n) is 5.04. The van der Waals surface area contributed by atoms with E-state index in [9.17, 15) is 0 Å². The van der Waals surface area contributed by atoms with Crippen molar-refractivity contribution >= 4 is 11.0 Å². The standard InChI is InChI=1S/C12H12N2/c1-2-4-9(3-1)10-5-7-13-12-11(10)6-8-14-12/h1,3,5-9H,2,4H2,(H,13,14). The van der Waals surface area contributed by atoms with E-state index in [0.717, 1.165) is 5.65 Å². The molecule has 1 aliphatic rings. The molecule has 14 heavy (non-hydrogen) atoms. The molecule has 2 aromatic heterocycles. The summed E-state index contributed by atoms with van der Waals surface area (Å²) in [5, 5.41) is 1.27. The highest BCUT2D eigenvalue weighted by molar-refractivity contribution is 5.80. The summed E-state index contributed by atoms with van der Waals surface area (Å²) in [6.45, 7) is 0. The minimum absolute atomic E-state index is 0.594.